The second kappa shape index (κ2) is 2.73. The van der Waals surface area contributed by atoms with E-state index in [1.165, 1.54) is 0 Å². The van der Waals surface area contributed by atoms with E-state index in [1.807, 2.05) is 0 Å². The SMILES string of the molecule is [CH2]S(=O)(=O)CC#CC. The first-order valence-electron chi connectivity index (χ1n) is 2.01. The van der Waals surface area contributed by atoms with Gasteiger partial charge in [0.05, 0.1) is 6.26 Å². The van der Waals surface area contributed by atoms with Gasteiger partial charge in [0.25, 0.3) is 0 Å². The summed E-state index contributed by atoms with van der Waals surface area (Å²) in [6.45, 7) is 1.59. The van der Waals surface area contributed by atoms with Gasteiger partial charge in [-0.05, 0) is 6.92 Å². The number of sulfone groups is 1. The van der Waals surface area contributed by atoms with E-state index in [9.17, 15) is 8.42 Å². The molecule has 0 N–H and O–H groups in total. The quantitative estimate of drug-likeness (QED) is 0.477. The van der Waals surface area contributed by atoms with Gasteiger partial charge >= 0.3 is 0 Å². The van der Waals surface area contributed by atoms with Crippen LogP contribution < -0.4 is 0 Å². The lowest BCUT2D eigenvalue weighted by molar-refractivity contribution is 0.607. The molecule has 0 bridgehead atoms. The monoisotopic (exact) mass is 131 g/mol. The summed E-state index contributed by atoms with van der Waals surface area (Å²) in [6.07, 6.45) is 2.88. The maximum Gasteiger partial charge on any atom is 0.162 e. The third-order valence-electron chi connectivity index (χ3n) is 0.469. The Balaban J connectivity index is 3.89. The van der Waals surface area contributed by atoms with Crippen LogP contribution in [0.5, 0.6) is 0 Å². The molecule has 2 nitrogen and oxygen atoms in total. The van der Waals surface area contributed by atoms with Gasteiger partial charge in [0, 0.05) is 0 Å². The first-order chi connectivity index (χ1) is 3.56. The van der Waals surface area contributed by atoms with Gasteiger partial charge in [0.15, 0.2) is 9.84 Å². The number of hydrogen-bond acceptors (Lipinski definition) is 2. The van der Waals surface area contributed by atoms with Gasteiger partial charge in [0.1, 0.15) is 5.75 Å². The van der Waals surface area contributed by atoms with Crippen molar-refractivity contribution in [2.45, 2.75) is 6.92 Å². The fraction of sp³-hybridized carbons (Fsp3) is 0.400. The van der Waals surface area contributed by atoms with E-state index in [0.717, 1.165) is 0 Å². The van der Waals surface area contributed by atoms with Crippen LogP contribution >= 0.6 is 0 Å². The molecule has 45 valence electrons. The van der Waals surface area contributed by atoms with Crippen molar-refractivity contribution in [1.29, 1.82) is 0 Å². The fourth-order valence-corrected chi connectivity index (χ4v) is 0.546. The van der Waals surface area contributed by atoms with Crippen LogP contribution in [0.1, 0.15) is 6.92 Å². The smallest absolute Gasteiger partial charge is 0.162 e. The predicted octanol–water partition coefficient (Wildman–Crippen LogP) is 0.216. The lowest BCUT2D eigenvalue weighted by Crippen LogP contribution is -1.96. The van der Waals surface area contributed by atoms with Crippen LogP contribution in [0.2, 0.25) is 0 Å². The second-order valence-corrected chi connectivity index (χ2v) is 3.09. The molecule has 1 radical (unpaired) electrons. The first kappa shape index (κ1) is 7.51. The van der Waals surface area contributed by atoms with Crippen molar-refractivity contribution < 1.29 is 8.42 Å². The second-order valence-electron chi connectivity index (χ2n) is 1.31. The highest BCUT2D eigenvalue weighted by Gasteiger charge is 1.94. The Labute approximate surface area is 49.8 Å². The number of hydrogen-bond donors (Lipinski definition) is 0. The minimum Gasteiger partial charge on any atom is -0.228 e. The van der Waals surface area contributed by atoms with Crippen molar-refractivity contribution >= 4 is 9.84 Å². The lowest BCUT2D eigenvalue weighted by Gasteiger charge is -1.81. The average molecular weight is 131 g/mol. The molecule has 0 heterocycles. The Kier molecular flexibility index (Phi) is 2.56. The van der Waals surface area contributed by atoms with E-state index < -0.39 is 9.84 Å². The molecule has 0 saturated heterocycles. The summed E-state index contributed by atoms with van der Waals surface area (Å²) in [7, 11) is -3.11. The molecule has 0 aromatic heterocycles. The molecule has 0 spiro atoms. The van der Waals surface area contributed by atoms with Crippen LogP contribution in [0.15, 0.2) is 0 Å². The van der Waals surface area contributed by atoms with Crippen molar-refractivity contribution in [3.63, 3.8) is 0 Å². The van der Waals surface area contributed by atoms with Crippen molar-refractivity contribution in [3.8, 4) is 11.8 Å². The van der Waals surface area contributed by atoms with Crippen LogP contribution in [0, 0.1) is 18.1 Å². The zero-order valence-corrected chi connectivity index (χ0v) is 5.46. The lowest BCUT2D eigenvalue weighted by atomic mass is 10.7. The molecule has 0 rings (SSSR count). The van der Waals surface area contributed by atoms with E-state index in [2.05, 4.69) is 18.1 Å². The van der Waals surface area contributed by atoms with Gasteiger partial charge in [-0.1, -0.05) is 5.92 Å². The highest BCUT2D eigenvalue weighted by Crippen LogP contribution is 1.80. The summed E-state index contributed by atoms with van der Waals surface area (Å²) >= 11 is 0. The van der Waals surface area contributed by atoms with Crippen molar-refractivity contribution in [2.75, 3.05) is 5.75 Å². The molecule has 0 atom stereocenters. The third kappa shape index (κ3) is 5.51. The number of rotatable bonds is 1. The van der Waals surface area contributed by atoms with E-state index in [4.69, 9.17) is 0 Å². The van der Waals surface area contributed by atoms with Gasteiger partial charge in [-0.2, -0.15) is 0 Å². The van der Waals surface area contributed by atoms with Crippen molar-refractivity contribution in [1.82, 2.24) is 0 Å². The van der Waals surface area contributed by atoms with Gasteiger partial charge in [-0.25, -0.2) is 8.42 Å². The van der Waals surface area contributed by atoms with Crippen molar-refractivity contribution in [2.24, 2.45) is 0 Å². The summed E-state index contributed by atoms with van der Waals surface area (Å²) in [5, 5.41) is 0. The average Bonchev–Trinajstić information content (AvgIpc) is 1.59. The summed E-state index contributed by atoms with van der Waals surface area (Å²) in [5.41, 5.74) is 0. The normalized spacial score (nSPS) is 9.75. The van der Waals surface area contributed by atoms with Gasteiger partial charge < -0.3 is 0 Å². The zero-order valence-electron chi connectivity index (χ0n) is 4.64. The molecular weight excluding hydrogens is 124 g/mol. The molecule has 8 heavy (non-hydrogen) atoms. The fourth-order valence-electron chi connectivity index (χ4n) is 0.182. The molecule has 0 amide bonds. The topological polar surface area (TPSA) is 34.1 Å². The van der Waals surface area contributed by atoms with Crippen LogP contribution in [-0.2, 0) is 9.84 Å². The van der Waals surface area contributed by atoms with Crippen LogP contribution in [0.3, 0.4) is 0 Å². The Hall–Kier alpha value is -0.490. The Morgan fingerprint density at radius 1 is 1.62 bits per heavy atom. The maximum atomic E-state index is 10.2. The van der Waals surface area contributed by atoms with Crippen LogP contribution in [0.4, 0.5) is 0 Å². The first-order valence-corrected chi connectivity index (χ1v) is 3.84. The van der Waals surface area contributed by atoms with Gasteiger partial charge in [0.2, 0.25) is 0 Å². The molecular formula is C5H7O2S. The standard InChI is InChI=1S/C5H7O2S/c1-3-4-5-8(2,6)7/h2,5H2,1H3. The van der Waals surface area contributed by atoms with E-state index in [1.54, 1.807) is 6.92 Å². The molecule has 0 aromatic carbocycles. The molecule has 0 aliphatic heterocycles. The summed E-state index contributed by atoms with van der Waals surface area (Å²) in [4.78, 5) is 0. The van der Waals surface area contributed by atoms with Crippen LogP contribution in [0.25, 0.3) is 0 Å². The third-order valence-corrected chi connectivity index (χ3v) is 1.05. The molecule has 0 aliphatic rings. The highest BCUT2D eigenvalue weighted by molar-refractivity contribution is 7.92. The maximum absolute atomic E-state index is 10.2. The Bertz CT molecular complexity index is 202. The molecule has 0 aliphatic carbocycles. The molecule has 0 saturated carbocycles. The summed E-state index contributed by atoms with van der Waals surface area (Å²) < 4.78 is 20.4. The molecule has 0 fully saturated rings. The van der Waals surface area contributed by atoms with Gasteiger partial charge in [-0.15, -0.1) is 5.92 Å². The van der Waals surface area contributed by atoms with Gasteiger partial charge in [-0.3, -0.25) is 0 Å². The Morgan fingerprint density at radius 3 is 2.25 bits per heavy atom. The van der Waals surface area contributed by atoms with E-state index in [-0.39, 0.29) is 5.75 Å². The minimum atomic E-state index is -3.11. The molecule has 0 aromatic rings. The minimum absolute atomic E-state index is 0.135. The van der Waals surface area contributed by atoms with Crippen LogP contribution in [-0.4, -0.2) is 14.2 Å². The molecule has 3 heteroatoms. The van der Waals surface area contributed by atoms with Crippen molar-refractivity contribution in [3.05, 3.63) is 6.26 Å². The Morgan fingerprint density at radius 2 is 2.12 bits per heavy atom. The van der Waals surface area contributed by atoms with E-state index >= 15 is 0 Å². The molecule has 0 unspecified atom stereocenters. The summed E-state index contributed by atoms with van der Waals surface area (Å²) in [6, 6.07) is 0. The summed E-state index contributed by atoms with van der Waals surface area (Å²) in [5.74, 6) is 4.71. The largest absolute Gasteiger partial charge is 0.228 e. The highest BCUT2D eigenvalue weighted by atomic mass is 32.2. The predicted molar refractivity (Wildman–Crippen MR) is 32.6 cm³/mol. The zero-order chi connectivity index (χ0) is 6.62. The van der Waals surface area contributed by atoms with E-state index in [0.29, 0.717) is 0 Å².